The van der Waals surface area contributed by atoms with Crippen LogP contribution in [-0.4, -0.2) is 30.7 Å². The van der Waals surface area contributed by atoms with Crippen LogP contribution in [0.5, 0.6) is 5.75 Å². The molecule has 0 aliphatic rings. The van der Waals surface area contributed by atoms with E-state index in [9.17, 15) is 13.2 Å². The van der Waals surface area contributed by atoms with E-state index in [2.05, 4.69) is 15.5 Å². The molecule has 0 saturated heterocycles. The number of carbonyl (C=O) groups is 1. The van der Waals surface area contributed by atoms with Gasteiger partial charge >= 0.3 is 0 Å². The third-order valence-corrected chi connectivity index (χ3v) is 5.34. The van der Waals surface area contributed by atoms with E-state index in [1.54, 1.807) is 43.3 Å². The van der Waals surface area contributed by atoms with Crippen molar-refractivity contribution in [1.29, 1.82) is 0 Å². The van der Waals surface area contributed by atoms with Crippen LogP contribution in [-0.2, 0) is 16.4 Å². The predicted molar refractivity (Wildman–Crippen MR) is 105 cm³/mol. The summed E-state index contributed by atoms with van der Waals surface area (Å²) in [6, 6.07) is 12.9. The van der Waals surface area contributed by atoms with E-state index in [-0.39, 0.29) is 23.5 Å². The van der Waals surface area contributed by atoms with Crippen molar-refractivity contribution in [3.63, 3.8) is 0 Å². The summed E-state index contributed by atoms with van der Waals surface area (Å²) >= 11 is 0. The number of ether oxygens (including phenoxy) is 1. The van der Waals surface area contributed by atoms with Crippen LogP contribution in [0.4, 0.5) is 0 Å². The van der Waals surface area contributed by atoms with Gasteiger partial charge in [-0.2, -0.15) is 4.98 Å². The van der Waals surface area contributed by atoms with Gasteiger partial charge in [0.25, 0.3) is 5.91 Å². The summed E-state index contributed by atoms with van der Waals surface area (Å²) in [4.78, 5) is 17.1. The molecule has 152 valence electrons. The third-order valence-electron chi connectivity index (χ3n) is 4.21. The molecule has 9 heteroatoms. The lowest BCUT2D eigenvalue weighted by Crippen LogP contribution is -2.27. The highest BCUT2D eigenvalue weighted by molar-refractivity contribution is 7.90. The maximum absolute atomic E-state index is 12.8. The second-order valence-corrected chi connectivity index (χ2v) is 8.57. The fourth-order valence-electron chi connectivity index (χ4n) is 2.68. The Morgan fingerprint density at radius 2 is 1.86 bits per heavy atom. The number of amides is 1. The van der Waals surface area contributed by atoms with E-state index in [1.165, 1.54) is 12.1 Å². The van der Waals surface area contributed by atoms with Crippen molar-refractivity contribution < 1.29 is 22.5 Å². The first kappa shape index (κ1) is 20.5. The second kappa shape index (κ2) is 8.44. The van der Waals surface area contributed by atoms with Gasteiger partial charge in [-0.3, -0.25) is 4.79 Å². The number of aromatic nitrogens is 2. The topological polar surface area (TPSA) is 111 Å². The van der Waals surface area contributed by atoms with E-state index >= 15 is 0 Å². The van der Waals surface area contributed by atoms with Gasteiger partial charge in [0.2, 0.25) is 11.7 Å². The van der Waals surface area contributed by atoms with Crippen LogP contribution in [0.15, 0.2) is 57.9 Å². The second-order valence-electron chi connectivity index (χ2n) is 6.55. The largest absolute Gasteiger partial charge is 0.485 e. The van der Waals surface area contributed by atoms with Crippen LogP contribution in [0.25, 0.3) is 0 Å². The average Bonchev–Trinajstić information content (AvgIpc) is 3.11. The van der Waals surface area contributed by atoms with E-state index in [4.69, 9.17) is 9.26 Å². The Kier molecular flexibility index (Phi) is 5.97. The number of benzene rings is 2. The van der Waals surface area contributed by atoms with Crippen molar-refractivity contribution >= 4 is 15.7 Å². The molecule has 29 heavy (non-hydrogen) atoms. The monoisotopic (exact) mass is 415 g/mol. The van der Waals surface area contributed by atoms with Gasteiger partial charge in [0, 0.05) is 13.2 Å². The highest BCUT2D eigenvalue weighted by atomic mass is 32.2. The number of hydrogen-bond acceptors (Lipinski definition) is 7. The molecule has 2 aromatic carbocycles. The molecule has 1 atom stereocenters. The highest BCUT2D eigenvalue weighted by Gasteiger charge is 2.17. The molecule has 0 aliphatic heterocycles. The molecule has 0 spiro atoms. The maximum Gasteiger partial charge on any atom is 0.255 e. The van der Waals surface area contributed by atoms with Crippen molar-refractivity contribution in [3.8, 4) is 5.75 Å². The molecule has 0 bridgehead atoms. The van der Waals surface area contributed by atoms with Crippen molar-refractivity contribution in [2.45, 2.75) is 31.4 Å². The first-order valence-electron chi connectivity index (χ1n) is 8.86. The van der Waals surface area contributed by atoms with E-state index in [1.807, 2.05) is 6.92 Å². The zero-order chi connectivity index (χ0) is 21.0. The van der Waals surface area contributed by atoms with Gasteiger partial charge < -0.3 is 14.6 Å². The Bertz CT molecular complexity index is 1110. The summed E-state index contributed by atoms with van der Waals surface area (Å²) in [5.74, 6) is 0.902. The van der Waals surface area contributed by atoms with Crippen LogP contribution >= 0.6 is 0 Å². The molecule has 1 unspecified atom stereocenters. The standard InChI is InChI=1S/C20H21N3O5S/c1-13(15-8-10-16(11-9-15)29(3,25)26)21-20(24)17-6-4-5-7-18(17)27-12-19-22-14(2)28-23-19/h4-11,13H,12H2,1-3H3,(H,21,24). The van der Waals surface area contributed by atoms with Crippen LogP contribution in [0.3, 0.4) is 0 Å². The molecule has 1 N–H and O–H groups in total. The van der Waals surface area contributed by atoms with Gasteiger partial charge in [0.05, 0.1) is 16.5 Å². The molecule has 0 fully saturated rings. The van der Waals surface area contributed by atoms with Crippen LogP contribution in [0, 0.1) is 6.92 Å². The molecule has 0 saturated carbocycles. The Labute approximate surface area is 168 Å². The predicted octanol–water partition coefficient (Wildman–Crippen LogP) is 2.85. The van der Waals surface area contributed by atoms with Gasteiger partial charge in [-0.15, -0.1) is 0 Å². The number of nitrogens with zero attached hydrogens (tertiary/aromatic N) is 2. The van der Waals surface area contributed by atoms with Crippen LogP contribution in [0.2, 0.25) is 0 Å². The zero-order valence-electron chi connectivity index (χ0n) is 16.2. The minimum atomic E-state index is -3.27. The SMILES string of the molecule is Cc1nc(COc2ccccc2C(=O)NC(C)c2ccc(S(C)(=O)=O)cc2)no1. The molecule has 1 amide bonds. The van der Waals surface area contributed by atoms with Crippen molar-refractivity contribution in [1.82, 2.24) is 15.5 Å². The van der Waals surface area contributed by atoms with E-state index < -0.39 is 9.84 Å². The summed E-state index contributed by atoms with van der Waals surface area (Å²) in [6.45, 7) is 3.57. The zero-order valence-corrected chi connectivity index (χ0v) is 17.1. The molecule has 3 rings (SSSR count). The number of sulfone groups is 1. The molecule has 0 aliphatic carbocycles. The number of para-hydroxylation sites is 1. The van der Waals surface area contributed by atoms with Crippen LogP contribution < -0.4 is 10.1 Å². The molecule has 1 aromatic heterocycles. The number of aryl methyl sites for hydroxylation is 1. The van der Waals surface area contributed by atoms with Gasteiger partial charge in [-0.25, -0.2) is 8.42 Å². The van der Waals surface area contributed by atoms with Gasteiger partial charge in [0.1, 0.15) is 5.75 Å². The van der Waals surface area contributed by atoms with Crippen molar-refractivity contribution in [3.05, 3.63) is 71.4 Å². The van der Waals surface area contributed by atoms with E-state index in [0.717, 1.165) is 11.8 Å². The minimum Gasteiger partial charge on any atom is -0.485 e. The van der Waals surface area contributed by atoms with Crippen molar-refractivity contribution in [2.24, 2.45) is 0 Å². The number of nitrogens with one attached hydrogen (secondary N) is 1. The lowest BCUT2D eigenvalue weighted by molar-refractivity contribution is 0.0935. The normalized spacial score (nSPS) is 12.4. The lowest BCUT2D eigenvalue weighted by Gasteiger charge is -2.16. The number of carbonyl (C=O) groups excluding carboxylic acids is 1. The average molecular weight is 415 g/mol. The van der Waals surface area contributed by atoms with Crippen LogP contribution in [0.1, 0.15) is 40.6 Å². The fourth-order valence-corrected chi connectivity index (χ4v) is 3.31. The number of rotatable bonds is 7. The minimum absolute atomic E-state index is 0.0736. The Morgan fingerprint density at radius 1 is 1.17 bits per heavy atom. The smallest absolute Gasteiger partial charge is 0.255 e. The fraction of sp³-hybridized carbons (Fsp3) is 0.250. The summed E-state index contributed by atoms with van der Waals surface area (Å²) in [5.41, 5.74) is 1.15. The Balaban J connectivity index is 1.70. The van der Waals surface area contributed by atoms with Crippen molar-refractivity contribution in [2.75, 3.05) is 6.26 Å². The first-order valence-corrected chi connectivity index (χ1v) is 10.7. The van der Waals surface area contributed by atoms with E-state index in [0.29, 0.717) is 23.0 Å². The summed E-state index contributed by atoms with van der Waals surface area (Å²) in [7, 11) is -3.27. The molecular weight excluding hydrogens is 394 g/mol. The molecule has 0 radical (unpaired) electrons. The Hall–Kier alpha value is -3.20. The van der Waals surface area contributed by atoms with Gasteiger partial charge in [0.15, 0.2) is 16.4 Å². The molecule has 8 nitrogen and oxygen atoms in total. The summed E-state index contributed by atoms with van der Waals surface area (Å²) < 4.78 is 33.8. The molecule has 3 aromatic rings. The molecule has 1 heterocycles. The first-order chi connectivity index (χ1) is 13.7. The highest BCUT2D eigenvalue weighted by Crippen LogP contribution is 2.21. The van der Waals surface area contributed by atoms with Gasteiger partial charge in [-0.1, -0.05) is 29.4 Å². The quantitative estimate of drug-likeness (QED) is 0.631. The lowest BCUT2D eigenvalue weighted by atomic mass is 10.1. The summed E-state index contributed by atoms with van der Waals surface area (Å²) in [5, 5.41) is 6.66. The van der Waals surface area contributed by atoms with Gasteiger partial charge in [-0.05, 0) is 36.8 Å². The molecular formula is C20H21N3O5S. The summed E-state index contributed by atoms with van der Waals surface area (Å²) in [6.07, 6.45) is 1.15. The maximum atomic E-state index is 12.8. The number of hydrogen-bond donors (Lipinski definition) is 1. The third kappa shape index (κ3) is 5.20. The Morgan fingerprint density at radius 3 is 2.48 bits per heavy atom.